The summed E-state index contributed by atoms with van der Waals surface area (Å²) in [5.74, 6) is -1.04. The molecule has 4 heterocycles. The Labute approximate surface area is 234 Å². The smallest absolute Gasteiger partial charge is 0.335 e. The number of rotatable bonds is 5. The van der Waals surface area contributed by atoms with Gasteiger partial charge in [-0.1, -0.05) is 23.7 Å². The van der Waals surface area contributed by atoms with Gasteiger partial charge in [0, 0.05) is 43.5 Å². The Bertz CT molecular complexity index is 1720. The summed E-state index contributed by atoms with van der Waals surface area (Å²) in [6.07, 6.45) is 4.84. The maximum Gasteiger partial charge on any atom is 0.335 e. The van der Waals surface area contributed by atoms with Crippen LogP contribution in [0.15, 0.2) is 65.6 Å². The van der Waals surface area contributed by atoms with Gasteiger partial charge in [0.2, 0.25) is 0 Å². The molecule has 1 aliphatic carbocycles. The Balaban J connectivity index is 1.25. The molecule has 10 heteroatoms. The maximum atomic E-state index is 14.1. The number of carbonyl (C=O) groups is 2. The molecule has 0 unspecified atom stereocenters. The summed E-state index contributed by atoms with van der Waals surface area (Å²) in [4.78, 5) is 45.3. The van der Waals surface area contributed by atoms with Crippen molar-refractivity contribution in [3.63, 3.8) is 0 Å². The van der Waals surface area contributed by atoms with Crippen LogP contribution < -0.4 is 5.69 Å². The van der Waals surface area contributed by atoms with Crippen LogP contribution in [-0.4, -0.2) is 62.3 Å². The Kier molecular flexibility index (Phi) is 5.66. The SMILES string of the molecule is O=C(O)c1cccc(C2(n3c(=O)n(-c4ccc(C(=O)N5CC6(CCOCC6)C5)cc4)c4cc(Cl)cnc43)CC2)c1. The van der Waals surface area contributed by atoms with Crippen molar-refractivity contribution in [1.29, 1.82) is 0 Å². The van der Waals surface area contributed by atoms with Gasteiger partial charge in [0.05, 0.1) is 27.3 Å². The summed E-state index contributed by atoms with van der Waals surface area (Å²) < 4.78 is 8.70. The first-order valence-electron chi connectivity index (χ1n) is 13.4. The molecule has 204 valence electrons. The number of carboxylic acid groups (broad SMARTS) is 1. The number of likely N-dealkylation sites (tertiary alicyclic amines) is 1. The van der Waals surface area contributed by atoms with Crippen LogP contribution in [0.2, 0.25) is 5.02 Å². The van der Waals surface area contributed by atoms with Gasteiger partial charge in [-0.15, -0.1) is 0 Å². The largest absolute Gasteiger partial charge is 0.478 e. The van der Waals surface area contributed by atoms with E-state index in [-0.39, 0.29) is 22.6 Å². The van der Waals surface area contributed by atoms with Gasteiger partial charge in [0.25, 0.3) is 5.91 Å². The fraction of sp³-hybridized carbons (Fsp3) is 0.333. The topological polar surface area (TPSA) is 107 Å². The van der Waals surface area contributed by atoms with E-state index < -0.39 is 11.5 Å². The highest BCUT2D eigenvalue weighted by Gasteiger charge is 2.49. The third-order valence-corrected chi connectivity index (χ3v) is 8.92. The number of aromatic carboxylic acids is 1. The molecule has 1 spiro atoms. The highest BCUT2D eigenvalue weighted by molar-refractivity contribution is 6.31. The van der Waals surface area contributed by atoms with Crippen molar-refractivity contribution in [1.82, 2.24) is 19.0 Å². The zero-order valence-corrected chi connectivity index (χ0v) is 22.4. The maximum absolute atomic E-state index is 14.1. The predicted molar refractivity (Wildman–Crippen MR) is 148 cm³/mol. The van der Waals surface area contributed by atoms with Crippen LogP contribution in [-0.2, 0) is 10.3 Å². The minimum atomic E-state index is -1.02. The second kappa shape index (κ2) is 9.04. The number of amides is 1. The minimum absolute atomic E-state index is 0.0154. The molecule has 1 N–H and O–H groups in total. The molecule has 0 bridgehead atoms. The molecule has 0 atom stereocenters. The van der Waals surface area contributed by atoms with Crippen LogP contribution in [0.3, 0.4) is 0 Å². The summed E-state index contributed by atoms with van der Waals surface area (Å²) in [5, 5.41) is 9.92. The lowest BCUT2D eigenvalue weighted by Gasteiger charge is -2.52. The van der Waals surface area contributed by atoms with Gasteiger partial charge in [-0.25, -0.2) is 14.6 Å². The standard InChI is InChI=1S/C30H27ClN4O5/c31-22-15-24-25(32-16-22)35(30(8-9-30)21-3-1-2-20(14-21)27(37)38)28(39)34(24)23-6-4-19(5-7-23)26(36)33-17-29(18-33)10-12-40-13-11-29/h1-7,14-16H,8-13,17-18H2,(H,37,38). The Morgan fingerprint density at radius 3 is 2.35 bits per heavy atom. The van der Waals surface area contributed by atoms with E-state index in [1.165, 1.54) is 6.20 Å². The minimum Gasteiger partial charge on any atom is -0.478 e. The molecule has 9 nitrogen and oxygen atoms in total. The molecule has 7 rings (SSSR count). The number of aromatic nitrogens is 3. The molecule has 3 aliphatic rings. The summed E-state index contributed by atoms with van der Waals surface area (Å²) >= 11 is 6.32. The van der Waals surface area contributed by atoms with Gasteiger partial charge in [-0.3, -0.25) is 13.9 Å². The van der Waals surface area contributed by atoms with Crippen LogP contribution in [0.1, 0.15) is 52.0 Å². The highest BCUT2D eigenvalue weighted by Crippen LogP contribution is 2.50. The van der Waals surface area contributed by atoms with Crippen LogP contribution in [0, 0.1) is 5.41 Å². The van der Waals surface area contributed by atoms with E-state index in [0.29, 0.717) is 40.3 Å². The van der Waals surface area contributed by atoms with E-state index in [1.54, 1.807) is 57.7 Å². The molecule has 40 heavy (non-hydrogen) atoms. The van der Waals surface area contributed by atoms with Gasteiger partial charge in [-0.2, -0.15) is 0 Å². The van der Waals surface area contributed by atoms with Gasteiger partial charge in [0.15, 0.2) is 5.65 Å². The number of nitrogens with zero attached hydrogens (tertiary/aromatic N) is 4. The zero-order chi connectivity index (χ0) is 27.6. The molecule has 3 fully saturated rings. The first-order valence-corrected chi connectivity index (χ1v) is 13.8. The van der Waals surface area contributed by atoms with Gasteiger partial charge in [-0.05, 0) is 73.7 Å². The molecular formula is C30H27ClN4O5. The molecule has 4 aromatic rings. The lowest BCUT2D eigenvalue weighted by Crippen LogP contribution is -2.60. The van der Waals surface area contributed by atoms with Crippen LogP contribution in [0.4, 0.5) is 0 Å². The monoisotopic (exact) mass is 558 g/mol. The van der Waals surface area contributed by atoms with Crippen LogP contribution in [0.25, 0.3) is 16.9 Å². The lowest BCUT2D eigenvalue weighted by atomic mass is 9.73. The number of benzene rings is 2. The first-order chi connectivity index (χ1) is 19.3. The summed E-state index contributed by atoms with van der Waals surface area (Å²) in [7, 11) is 0. The fourth-order valence-corrected chi connectivity index (χ4v) is 6.50. The van der Waals surface area contributed by atoms with E-state index in [1.807, 2.05) is 11.0 Å². The summed E-state index contributed by atoms with van der Waals surface area (Å²) in [6.45, 7) is 3.01. The van der Waals surface area contributed by atoms with E-state index in [9.17, 15) is 19.5 Å². The number of carboxylic acids is 1. The number of hydrogen-bond donors (Lipinski definition) is 1. The number of hydrogen-bond acceptors (Lipinski definition) is 5. The Hall–Kier alpha value is -3.95. The molecule has 2 aromatic carbocycles. The average Bonchev–Trinajstić information content (AvgIpc) is 3.70. The normalized spacial score (nSPS) is 19.0. The highest BCUT2D eigenvalue weighted by atomic mass is 35.5. The lowest BCUT2D eigenvalue weighted by molar-refractivity contribution is -0.0666. The zero-order valence-electron chi connectivity index (χ0n) is 21.7. The van der Waals surface area contributed by atoms with Gasteiger partial charge in [0.1, 0.15) is 0 Å². The Morgan fingerprint density at radius 2 is 1.68 bits per heavy atom. The number of halogens is 1. The Morgan fingerprint density at radius 1 is 0.950 bits per heavy atom. The third kappa shape index (κ3) is 3.87. The van der Waals surface area contributed by atoms with Crippen molar-refractivity contribution in [2.24, 2.45) is 5.41 Å². The summed E-state index contributed by atoms with van der Waals surface area (Å²) in [5.41, 5.74) is 2.29. The van der Waals surface area contributed by atoms with E-state index in [0.717, 1.165) is 44.7 Å². The van der Waals surface area contributed by atoms with Crippen molar-refractivity contribution in [2.75, 3.05) is 26.3 Å². The second-order valence-electron chi connectivity index (χ2n) is 11.2. The molecule has 1 saturated carbocycles. The van der Waals surface area contributed by atoms with Crippen LogP contribution in [0.5, 0.6) is 0 Å². The van der Waals surface area contributed by atoms with Crippen molar-refractivity contribution in [3.8, 4) is 5.69 Å². The van der Waals surface area contributed by atoms with Gasteiger partial charge >= 0.3 is 11.7 Å². The molecule has 2 saturated heterocycles. The molecule has 2 aliphatic heterocycles. The number of imidazole rings is 1. The third-order valence-electron chi connectivity index (χ3n) is 8.71. The quantitative estimate of drug-likeness (QED) is 0.391. The van der Waals surface area contributed by atoms with Gasteiger partial charge < -0.3 is 14.7 Å². The summed E-state index contributed by atoms with van der Waals surface area (Å²) in [6, 6.07) is 15.5. The number of fused-ring (bicyclic) bond motifs is 1. The van der Waals surface area contributed by atoms with E-state index in [2.05, 4.69) is 4.98 Å². The fourth-order valence-electron chi connectivity index (χ4n) is 6.35. The number of ether oxygens (including phenoxy) is 1. The van der Waals surface area contributed by atoms with Crippen molar-refractivity contribution < 1.29 is 19.4 Å². The molecule has 2 aromatic heterocycles. The average molecular weight is 559 g/mol. The molecule has 1 amide bonds. The molecular weight excluding hydrogens is 532 g/mol. The van der Waals surface area contributed by atoms with Crippen LogP contribution >= 0.6 is 11.6 Å². The van der Waals surface area contributed by atoms with E-state index in [4.69, 9.17) is 16.3 Å². The van der Waals surface area contributed by atoms with E-state index >= 15 is 0 Å². The second-order valence-corrected chi connectivity index (χ2v) is 11.6. The molecule has 0 radical (unpaired) electrons. The number of carbonyl (C=O) groups excluding carboxylic acids is 1. The first kappa shape index (κ1) is 25.0. The van der Waals surface area contributed by atoms with Crippen molar-refractivity contribution >= 4 is 34.6 Å². The van der Waals surface area contributed by atoms with Crippen molar-refractivity contribution in [2.45, 2.75) is 31.2 Å². The number of pyridine rings is 1. The van der Waals surface area contributed by atoms with Crippen molar-refractivity contribution in [3.05, 3.63) is 93.0 Å². The predicted octanol–water partition coefficient (Wildman–Crippen LogP) is 4.33.